The average Bonchev–Trinajstić information content (AvgIpc) is 2.44. The largest absolute Gasteiger partial charge is 0.374 e. The van der Waals surface area contributed by atoms with Crippen LogP contribution >= 0.6 is 0 Å². The molecular weight excluding hydrogens is 234 g/mol. The number of hydrogen-bond acceptors (Lipinski definition) is 2. The van der Waals surface area contributed by atoms with Crippen LogP contribution in [-0.2, 0) is 4.74 Å². The maximum Gasteiger partial charge on any atom is 0.0829 e. The molecule has 0 rings (SSSR count). The van der Waals surface area contributed by atoms with Crippen LogP contribution in [0.4, 0.5) is 0 Å². The molecule has 0 radical (unpaired) electrons. The van der Waals surface area contributed by atoms with E-state index in [4.69, 9.17) is 4.74 Å². The summed E-state index contributed by atoms with van der Waals surface area (Å²) in [6, 6.07) is 0.483. The molecule has 0 aromatic rings. The van der Waals surface area contributed by atoms with E-state index in [1.807, 2.05) is 6.08 Å². The normalized spacial score (nSPS) is 13.5. The van der Waals surface area contributed by atoms with Gasteiger partial charge in [0.2, 0.25) is 0 Å². The first-order chi connectivity index (χ1) is 9.20. The smallest absolute Gasteiger partial charge is 0.0829 e. The van der Waals surface area contributed by atoms with Crippen LogP contribution in [0.5, 0.6) is 0 Å². The van der Waals surface area contributed by atoms with Crippen molar-refractivity contribution in [2.45, 2.75) is 84.3 Å². The number of ether oxygens (including phenoxy) is 1. The van der Waals surface area contributed by atoms with Gasteiger partial charge in [-0.15, -0.1) is 6.58 Å². The van der Waals surface area contributed by atoms with E-state index in [0.29, 0.717) is 6.04 Å². The van der Waals surface area contributed by atoms with E-state index in [-0.39, 0.29) is 5.60 Å². The quantitative estimate of drug-likeness (QED) is 0.387. The molecule has 0 fully saturated rings. The average molecular weight is 269 g/mol. The summed E-state index contributed by atoms with van der Waals surface area (Å²) in [5, 5.41) is 3.66. The molecule has 1 N–H and O–H groups in total. The molecule has 0 aliphatic heterocycles. The predicted octanol–water partition coefficient (Wildman–Crippen LogP) is 4.70. The highest BCUT2D eigenvalue weighted by atomic mass is 16.5. The fourth-order valence-electron chi connectivity index (χ4n) is 2.95. The summed E-state index contributed by atoms with van der Waals surface area (Å²) in [5.74, 6) is 0. The van der Waals surface area contributed by atoms with Crippen LogP contribution in [0.2, 0.25) is 0 Å². The molecule has 0 spiro atoms. The number of likely N-dealkylation sites (N-methyl/N-ethyl adjacent to an activating group) is 1. The molecule has 0 saturated heterocycles. The minimum absolute atomic E-state index is 0.0171. The highest BCUT2D eigenvalue weighted by Crippen LogP contribution is 2.28. The molecule has 0 aliphatic carbocycles. The molecular formula is C17H35NO. The molecule has 0 bridgehead atoms. The van der Waals surface area contributed by atoms with Gasteiger partial charge in [-0.2, -0.15) is 0 Å². The second-order valence-corrected chi connectivity index (χ2v) is 5.24. The minimum atomic E-state index is 0.0171. The number of hydrogen-bond donors (Lipinski definition) is 1. The molecule has 1 atom stereocenters. The Morgan fingerprint density at radius 3 is 2.26 bits per heavy atom. The molecule has 0 amide bonds. The van der Waals surface area contributed by atoms with Crippen molar-refractivity contribution < 1.29 is 4.74 Å². The first-order valence-electron chi connectivity index (χ1n) is 8.18. The third kappa shape index (κ3) is 6.58. The molecule has 0 aromatic heterocycles. The van der Waals surface area contributed by atoms with Gasteiger partial charge in [0.1, 0.15) is 0 Å². The SMILES string of the molecule is C=CCCCCCC(NCC)C(CC)(CC)OCC. The molecule has 2 heteroatoms. The summed E-state index contributed by atoms with van der Waals surface area (Å²) in [6.45, 7) is 14.4. The molecule has 0 aliphatic rings. The second-order valence-electron chi connectivity index (χ2n) is 5.24. The summed E-state index contributed by atoms with van der Waals surface area (Å²) in [5.41, 5.74) is 0.0171. The van der Waals surface area contributed by atoms with Gasteiger partial charge in [0.05, 0.1) is 5.60 Å². The van der Waals surface area contributed by atoms with Crippen molar-refractivity contribution >= 4 is 0 Å². The van der Waals surface area contributed by atoms with Gasteiger partial charge in [-0.25, -0.2) is 0 Å². The Labute approximate surface area is 121 Å². The third-order valence-electron chi connectivity index (χ3n) is 4.12. The van der Waals surface area contributed by atoms with Crippen molar-refractivity contribution in [2.75, 3.05) is 13.2 Å². The van der Waals surface area contributed by atoms with Crippen LogP contribution in [0.25, 0.3) is 0 Å². The highest BCUT2D eigenvalue weighted by Gasteiger charge is 2.35. The maximum atomic E-state index is 6.14. The van der Waals surface area contributed by atoms with Gasteiger partial charge in [-0.1, -0.05) is 39.7 Å². The predicted molar refractivity (Wildman–Crippen MR) is 85.7 cm³/mol. The van der Waals surface area contributed by atoms with Crippen LogP contribution < -0.4 is 5.32 Å². The zero-order valence-electron chi connectivity index (χ0n) is 13.6. The molecule has 0 aromatic carbocycles. The Hall–Kier alpha value is -0.340. The van der Waals surface area contributed by atoms with Crippen LogP contribution in [0, 0.1) is 0 Å². The van der Waals surface area contributed by atoms with E-state index in [0.717, 1.165) is 32.4 Å². The second kappa shape index (κ2) is 11.5. The lowest BCUT2D eigenvalue weighted by molar-refractivity contribution is -0.0738. The van der Waals surface area contributed by atoms with Crippen molar-refractivity contribution in [1.29, 1.82) is 0 Å². The Balaban J connectivity index is 4.43. The van der Waals surface area contributed by atoms with Crippen molar-refractivity contribution in [3.8, 4) is 0 Å². The number of nitrogens with one attached hydrogen (secondary N) is 1. The van der Waals surface area contributed by atoms with Gasteiger partial charge < -0.3 is 10.1 Å². The fourth-order valence-corrected chi connectivity index (χ4v) is 2.95. The van der Waals surface area contributed by atoms with Gasteiger partial charge in [-0.3, -0.25) is 0 Å². The number of allylic oxidation sites excluding steroid dienone is 1. The zero-order chi connectivity index (χ0) is 14.6. The van der Waals surface area contributed by atoms with E-state index in [1.54, 1.807) is 0 Å². The van der Waals surface area contributed by atoms with E-state index >= 15 is 0 Å². The summed E-state index contributed by atoms with van der Waals surface area (Å²) < 4.78 is 6.14. The summed E-state index contributed by atoms with van der Waals surface area (Å²) in [4.78, 5) is 0. The van der Waals surface area contributed by atoms with Crippen molar-refractivity contribution in [3.05, 3.63) is 12.7 Å². The maximum absolute atomic E-state index is 6.14. The molecule has 19 heavy (non-hydrogen) atoms. The first-order valence-corrected chi connectivity index (χ1v) is 8.18. The number of rotatable bonds is 13. The molecule has 0 heterocycles. The zero-order valence-corrected chi connectivity index (χ0v) is 13.6. The lowest BCUT2D eigenvalue weighted by atomic mass is 9.84. The highest BCUT2D eigenvalue weighted by molar-refractivity contribution is 4.91. The van der Waals surface area contributed by atoms with Gasteiger partial charge in [0.15, 0.2) is 0 Å². The molecule has 114 valence electrons. The van der Waals surface area contributed by atoms with Crippen molar-refractivity contribution in [1.82, 2.24) is 5.32 Å². The van der Waals surface area contributed by atoms with Gasteiger partial charge in [0.25, 0.3) is 0 Å². The third-order valence-corrected chi connectivity index (χ3v) is 4.12. The lowest BCUT2D eigenvalue weighted by Crippen LogP contribution is -2.52. The summed E-state index contributed by atoms with van der Waals surface area (Å²) in [6.07, 6.45) is 10.4. The topological polar surface area (TPSA) is 21.3 Å². The standard InChI is InChI=1S/C17H35NO/c1-6-11-12-13-14-15-16(18-9-4)17(7-2,8-3)19-10-5/h6,16,18H,1,7-15H2,2-5H3. The Morgan fingerprint density at radius 1 is 1.11 bits per heavy atom. The van der Waals surface area contributed by atoms with E-state index in [1.165, 1.54) is 25.7 Å². The molecule has 1 unspecified atom stereocenters. The van der Waals surface area contributed by atoms with Gasteiger partial charge in [0, 0.05) is 12.6 Å². The lowest BCUT2D eigenvalue weighted by Gasteiger charge is -2.40. The Bertz CT molecular complexity index is 211. The Morgan fingerprint density at radius 2 is 1.79 bits per heavy atom. The summed E-state index contributed by atoms with van der Waals surface area (Å²) >= 11 is 0. The molecule has 2 nitrogen and oxygen atoms in total. The van der Waals surface area contributed by atoms with E-state index < -0.39 is 0 Å². The van der Waals surface area contributed by atoms with Gasteiger partial charge >= 0.3 is 0 Å². The van der Waals surface area contributed by atoms with Crippen LogP contribution in [0.15, 0.2) is 12.7 Å². The monoisotopic (exact) mass is 269 g/mol. The molecule has 0 saturated carbocycles. The van der Waals surface area contributed by atoms with Crippen LogP contribution in [-0.4, -0.2) is 24.8 Å². The van der Waals surface area contributed by atoms with Crippen LogP contribution in [0.1, 0.15) is 72.6 Å². The van der Waals surface area contributed by atoms with E-state index in [9.17, 15) is 0 Å². The Kier molecular flexibility index (Phi) is 11.3. The van der Waals surface area contributed by atoms with Crippen LogP contribution in [0.3, 0.4) is 0 Å². The first kappa shape index (κ1) is 18.7. The fraction of sp³-hybridized carbons (Fsp3) is 0.882. The minimum Gasteiger partial charge on any atom is -0.374 e. The van der Waals surface area contributed by atoms with E-state index in [2.05, 4.69) is 39.6 Å². The summed E-state index contributed by atoms with van der Waals surface area (Å²) in [7, 11) is 0. The number of unbranched alkanes of at least 4 members (excludes halogenated alkanes) is 3. The van der Waals surface area contributed by atoms with Crippen molar-refractivity contribution in [3.63, 3.8) is 0 Å². The van der Waals surface area contributed by atoms with Gasteiger partial charge in [-0.05, 0) is 45.6 Å². The van der Waals surface area contributed by atoms with Crippen molar-refractivity contribution in [2.24, 2.45) is 0 Å².